The largest absolute Gasteiger partial charge is 0.552 e. The molecular formula is C19H24BN2O8P. The summed E-state index contributed by atoms with van der Waals surface area (Å²) < 4.78 is 10.5. The summed E-state index contributed by atoms with van der Waals surface area (Å²) in [6, 6.07) is 8.76. The van der Waals surface area contributed by atoms with Crippen molar-refractivity contribution < 1.29 is 38.7 Å². The van der Waals surface area contributed by atoms with Crippen molar-refractivity contribution in [2.24, 2.45) is 5.92 Å². The molecule has 1 aliphatic carbocycles. The number of aliphatic carboxylic acids is 2. The van der Waals surface area contributed by atoms with Gasteiger partial charge in [-0.3, -0.25) is 14.7 Å². The third-order valence-electron chi connectivity index (χ3n) is 5.36. The Hall–Kier alpha value is -2.49. The molecule has 10 nitrogen and oxygen atoms in total. The van der Waals surface area contributed by atoms with Gasteiger partial charge < -0.3 is 24.8 Å². The number of rotatable bonds is 11. The summed E-state index contributed by atoms with van der Waals surface area (Å²) in [5.41, 5.74) is -1.70. The molecule has 166 valence electrons. The molecule has 12 heteroatoms. The van der Waals surface area contributed by atoms with Crippen LogP contribution < -0.4 is 10.4 Å². The van der Waals surface area contributed by atoms with Crippen molar-refractivity contribution in [3.8, 4) is 0 Å². The Labute approximate surface area is 181 Å². The minimum atomic E-state index is -2.63. The number of amides is 1. The molecule has 0 bridgehead atoms. The van der Waals surface area contributed by atoms with Gasteiger partial charge in [-0.2, -0.15) is 0 Å². The lowest BCUT2D eigenvalue weighted by atomic mass is 9.75. The minimum Gasteiger partial charge on any atom is -0.506 e. The Morgan fingerprint density at radius 2 is 1.90 bits per heavy atom. The average Bonchev–Trinajstić information content (AvgIpc) is 3.48. The minimum absolute atomic E-state index is 0.281. The highest BCUT2D eigenvalue weighted by Crippen LogP contribution is 2.36. The molecule has 0 radical (unpaired) electrons. The molecule has 31 heavy (non-hydrogen) atoms. The number of benzene rings is 1. The molecular weight excluding hydrogens is 426 g/mol. The molecule has 1 aliphatic heterocycles. The fourth-order valence-electron chi connectivity index (χ4n) is 3.49. The van der Waals surface area contributed by atoms with Crippen LogP contribution in [0.1, 0.15) is 31.2 Å². The van der Waals surface area contributed by atoms with E-state index in [0.717, 1.165) is 18.4 Å². The zero-order valence-corrected chi connectivity index (χ0v) is 17.8. The molecule has 2 aliphatic rings. The van der Waals surface area contributed by atoms with Crippen LogP contribution in [0.4, 0.5) is 0 Å². The van der Waals surface area contributed by atoms with Gasteiger partial charge in [0.15, 0.2) is 0 Å². The van der Waals surface area contributed by atoms with Crippen LogP contribution >= 0.6 is 9.39 Å². The van der Waals surface area contributed by atoms with Gasteiger partial charge in [-0.05, 0) is 24.3 Å². The van der Waals surface area contributed by atoms with E-state index in [-0.39, 0.29) is 11.8 Å². The molecule has 1 amide bonds. The Morgan fingerprint density at radius 1 is 1.23 bits per heavy atom. The summed E-state index contributed by atoms with van der Waals surface area (Å²) in [6.45, 7) is 0. The van der Waals surface area contributed by atoms with Gasteiger partial charge in [-0.25, -0.2) is 9.59 Å². The van der Waals surface area contributed by atoms with Crippen molar-refractivity contribution in [2.75, 3.05) is 0 Å². The number of carboxylic acids is 2. The second-order valence-corrected chi connectivity index (χ2v) is 8.13. The summed E-state index contributed by atoms with van der Waals surface area (Å²) in [4.78, 5) is 48.0. The SMILES string of the molecule is O=C(O)CC1(C(=O)O)OB([C@H](CC2CC2)NC(=O)C(Cc2ccccc2)NP)OC1=O. The van der Waals surface area contributed by atoms with Gasteiger partial charge in [0.2, 0.25) is 5.91 Å². The molecule has 0 spiro atoms. The van der Waals surface area contributed by atoms with Gasteiger partial charge in [-0.1, -0.05) is 52.6 Å². The lowest BCUT2D eigenvalue weighted by molar-refractivity contribution is -0.168. The number of hydrogen-bond donors (Lipinski definition) is 4. The maximum atomic E-state index is 12.9. The van der Waals surface area contributed by atoms with E-state index < -0.39 is 49.0 Å². The fourth-order valence-corrected chi connectivity index (χ4v) is 3.76. The third kappa shape index (κ3) is 5.61. The first-order chi connectivity index (χ1) is 14.7. The predicted octanol–water partition coefficient (Wildman–Crippen LogP) is 0.161. The summed E-state index contributed by atoms with van der Waals surface area (Å²) in [6.07, 6.45) is 1.60. The van der Waals surface area contributed by atoms with Crippen LogP contribution in [0.2, 0.25) is 0 Å². The number of carboxylic acid groups (broad SMARTS) is 2. The number of carbonyl (C=O) groups excluding carboxylic acids is 2. The molecule has 1 saturated carbocycles. The van der Waals surface area contributed by atoms with Crippen molar-refractivity contribution in [1.29, 1.82) is 0 Å². The first kappa shape index (κ1) is 23.2. The quantitative estimate of drug-likeness (QED) is 0.210. The summed E-state index contributed by atoms with van der Waals surface area (Å²) >= 11 is 0. The van der Waals surface area contributed by atoms with Crippen LogP contribution in [0.25, 0.3) is 0 Å². The normalized spacial score (nSPS) is 22.5. The summed E-state index contributed by atoms with van der Waals surface area (Å²) in [5.74, 6) is -5.45. The van der Waals surface area contributed by atoms with E-state index >= 15 is 0 Å². The van der Waals surface area contributed by atoms with Gasteiger partial charge in [0.1, 0.15) is 0 Å². The van der Waals surface area contributed by atoms with Crippen molar-refractivity contribution in [1.82, 2.24) is 10.4 Å². The molecule has 0 aromatic heterocycles. The first-order valence-corrected chi connectivity index (χ1v) is 10.5. The van der Waals surface area contributed by atoms with E-state index in [2.05, 4.69) is 19.8 Å². The predicted molar refractivity (Wildman–Crippen MR) is 112 cm³/mol. The third-order valence-corrected chi connectivity index (χ3v) is 5.76. The number of nitrogens with one attached hydrogen (secondary N) is 2. The molecule has 1 saturated heterocycles. The van der Waals surface area contributed by atoms with Gasteiger partial charge in [0, 0.05) is 0 Å². The van der Waals surface area contributed by atoms with Crippen LogP contribution in [0.15, 0.2) is 30.3 Å². The van der Waals surface area contributed by atoms with E-state index in [4.69, 9.17) is 14.4 Å². The van der Waals surface area contributed by atoms with Crippen molar-refractivity contribution in [3.05, 3.63) is 35.9 Å². The smallest absolute Gasteiger partial charge is 0.506 e. The van der Waals surface area contributed by atoms with E-state index in [9.17, 15) is 24.3 Å². The molecule has 1 heterocycles. The van der Waals surface area contributed by atoms with Crippen molar-refractivity contribution >= 4 is 40.3 Å². The highest BCUT2D eigenvalue weighted by atomic mass is 31.0. The number of carbonyl (C=O) groups is 4. The molecule has 3 unspecified atom stereocenters. The van der Waals surface area contributed by atoms with Gasteiger partial charge in [0.05, 0.1) is 18.4 Å². The highest BCUT2D eigenvalue weighted by molar-refractivity contribution is 7.13. The van der Waals surface area contributed by atoms with Gasteiger partial charge >= 0.3 is 25.0 Å². The standard InChI is InChI=1S/C19H24BN2O8P/c23-15(24)10-19(17(26)27)18(28)29-20(30-19)14(9-12-6-7-12)21-16(25)13(22-31)8-11-4-2-1-3-5-11/h1-5,12-14,22H,6-10,31H2,(H,21,25)(H,23,24)(H,26,27)/t13?,14-,19?/m0/s1. The molecule has 4 N–H and O–H groups in total. The van der Waals surface area contributed by atoms with Crippen LogP contribution in [0, 0.1) is 5.92 Å². The zero-order chi connectivity index (χ0) is 22.6. The maximum Gasteiger partial charge on any atom is 0.552 e. The average molecular weight is 450 g/mol. The monoisotopic (exact) mass is 450 g/mol. The molecule has 1 aromatic rings. The first-order valence-electron chi connectivity index (χ1n) is 9.89. The van der Waals surface area contributed by atoms with Crippen LogP contribution in [0.3, 0.4) is 0 Å². The molecule has 4 atom stereocenters. The van der Waals surface area contributed by atoms with Gasteiger partial charge in [0.25, 0.3) is 5.60 Å². The molecule has 3 rings (SSSR count). The summed E-state index contributed by atoms with van der Waals surface area (Å²) in [5, 5.41) is 24.2. The van der Waals surface area contributed by atoms with Crippen LogP contribution in [-0.4, -0.2) is 58.7 Å². The zero-order valence-electron chi connectivity index (χ0n) is 16.7. The van der Waals surface area contributed by atoms with Gasteiger partial charge in [-0.15, -0.1) is 0 Å². The Morgan fingerprint density at radius 3 is 2.45 bits per heavy atom. The van der Waals surface area contributed by atoms with E-state index in [1.807, 2.05) is 30.3 Å². The Kier molecular flexibility index (Phi) is 7.30. The maximum absolute atomic E-state index is 12.9. The van der Waals surface area contributed by atoms with E-state index in [1.54, 1.807) is 0 Å². The second kappa shape index (κ2) is 9.76. The second-order valence-electron chi connectivity index (χ2n) is 7.80. The molecule has 1 aromatic carbocycles. The number of hydrogen-bond acceptors (Lipinski definition) is 7. The van der Waals surface area contributed by atoms with Crippen molar-refractivity contribution in [2.45, 2.75) is 49.7 Å². The lowest BCUT2D eigenvalue weighted by Gasteiger charge is -2.24. The Balaban J connectivity index is 1.74. The van der Waals surface area contributed by atoms with Crippen LogP contribution in [0.5, 0.6) is 0 Å². The van der Waals surface area contributed by atoms with Crippen LogP contribution in [-0.2, 0) is 34.9 Å². The Bertz CT molecular complexity index is 853. The lowest BCUT2D eigenvalue weighted by Crippen LogP contribution is -2.54. The van der Waals surface area contributed by atoms with E-state index in [1.165, 1.54) is 0 Å². The summed E-state index contributed by atoms with van der Waals surface area (Å²) in [7, 11) is 0.907. The topological polar surface area (TPSA) is 151 Å². The molecule has 2 fully saturated rings. The van der Waals surface area contributed by atoms with E-state index in [0.29, 0.717) is 12.8 Å². The fraction of sp³-hybridized carbons (Fsp3) is 0.474. The van der Waals surface area contributed by atoms with Crippen molar-refractivity contribution in [3.63, 3.8) is 0 Å². The highest BCUT2D eigenvalue weighted by Gasteiger charge is 2.62.